The van der Waals surface area contributed by atoms with Crippen LogP contribution in [0.1, 0.15) is 16.7 Å². The van der Waals surface area contributed by atoms with Gasteiger partial charge in [-0.25, -0.2) is 4.79 Å². The predicted molar refractivity (Wildman–Crippen MR) is 119 cm³/mol. The van der Waals surface area contributed by atoms with Gasteiger partial charge in [0.25, 0.3) is 0 Å². The van der Waals surface area contributed by atoms with E-state index in [0.29, 0.717) is 13.2 Å². The largest absolute Gasteiger partial charge is 0.461 e. The number of hydrogen-bond donors (Lipinski definition) is 2. The van der Waals surface area contributed by atoms with Crippen molar-refractivity contribution in [3.63, 3.8) is 0 Å². The Labute approximate surface area is 171 Å². The van der Waals surface area contributed by atoms with E-state index in [1.54, 1.807) is 11.8 Å². The quantitative estimate of drug-likeness (QED) is 0.161. The number of rotatable bonds is 9. The predicted octanol–water partition coefficient (Wildman–Crippen LogP) is 4.69. The lowest BCUT2D eigenvalue weighted by atomic mass is 10.1. The second-order valence-corrected chi connectivity index (χ2v) is 6.81. The molecule has 0 aliphatic rings. The van der Waals surface area contributed by atoms with Gasteiger partial charge in [0, 0.05) is 29.6 Å². The van der Waals surface area contributed by atoms with Crippen molar-refractivity contribution in [2.75, 3.05) is 19.0 Å². The van der Waals surface area contributed by atoms with Crippen LogP contribution in [0.5, 0.6) is 0 Å². The minimum Gasteiger partial charge on any atom is -0.461 e. The van der Waals surface area contributed by atoms with Gasteiger partial charge in [0.1, 0.15) is 6.61 Å². The topological polar surface area (TPSA) is 74.5 Å². The Hall–Kier alpha value is -2.70. The molecular formula is C22H27N3O2S. The first-order valence-corrected chi connectivity index (χ1v) is 9.76. The Morgan fingerprint density at radius 1 is 1.29 bits per heavy atom. The summed E-state index contributed by atoms with van der Waals surface area (Å²) in [6, 6.07) is 13.9. The van der Waals surface area contributed by atoms with Crippen molar-refractivity contribution in [1.29, 1.82) is 5.41 Å². The number of carbonyl (C=O) groups excluding carboxylic acids is 1. The Balaban J connectivity index is 0.000000330. The first kappa shape index (κ1) is 23.3. The van der Waals surface area contributed by atoms with E-state index >= 15 is 0 Å². The maximum absolute atomic E-state index is 10.8. The van der Waals surface area contributed by atoms with Crippen LogP contribution in [0.15, 0.2) is 65.0 Å². The summed E-state index contributed by atoms with van der Waals surface area (Å²) in [5.74, 6) is 0.323. The highest BCUT2D eigenvalue weighted by Gasteiger charge is 2.00. The van der Waals surface area contributed by atoms with Gasteiger partial charge in [0.15, 0.2) is 0 Å². The van der Waals surface area contributed by atoms with Gasteiger partial charge in [0.05, 0.1) is 5.69 Å². The van der Waals surface area contributed by atoms with E-state index in [9.17, 15) is 4.79 Å². The summed E-state index contributed by atoms with van der Waals surface area (Å²) in [4.78, 5) is 15.8. The lowest BCUT2D eigenvalue weighted by Gasteiger charge is -2.06. The number of thioether (sulfide) groups is 1. The van der Waals surface area contributed by atoms with Gasteiger partial charge < -0.3 is 15.5 Å². The summed E-state index contributed by atoms with van der Waals surface area (Å²) < 4.78 is 4.83. The zero-order valence-electron chi connectivity index (χ0n) is 16.4. The molecule has 0 atom stereocenters. The Morgan fingerprint density at radius 2 is 2.04 bits per heavy atom. The highest BCUT2D eigenvalue weighted by atomic mass is 32.2. The molecule has 0 saturated heterocycles. The average Bonchev–Trinajstić information content (AvgIpc) is 2.72. The molecule has 2 aromatic rings. The minimum atomic E-state index is -0.398. The van der Waals surface area contributed by atoms with E-state index in [-0.39, 0.29) is 0 Å². The fourth-order valence-corrected chi connectivity index (χ4v) is 2.97. The third-order valence-corrected chi connectivity index (χ3v) is 4.65. The van der Waals surface area contributed by atoms with Gasteiger partial charge in [-0.2, -0.15) is 0 Å². The fourth-order valence-electron chi connectivity index (χ4n) is 2.11. The average molecular weight is 398 g/mol. The van der Waals surface area contributed by atoms with Crippen molar-refractivity contribution in [3.8, 4) is 0 Å². The Kier molecular flexibility index (Phi) is 11.2. The monoisotopic (exact) mass is 397 g/mol. The molecule has 148 valence electrons. The van der Waals surface area contributed by atoms with Crippen LogP contribution in [0.4, 0.5) is 5.69 Å². The van der Waals surface area contributed by atoms with E-state index in [0.717, 1.165) is 28.1 Å². The smallest absolute Gasteiger partial charge is 0.330 e. The Bertz CT molecular complexity index is 806. The molecule has 0 aromatic heterocycles. The normalized spacial score (nSPS) is 9.64. The Morgan fingerprint density at radius 3 is 2.68 bits per heavy atom. The first-order valence-electron chi connectivity index (χ1n) is 8.78. The number of aryl methyl sites for hydroxylation is 2. The van der Waals surface area contributed by atoms with Gasteiger partial charge in [-0.3, -0.25) is 4.99 Å². The molecule has 0 aliphatic heterocycles. The number of benzene rings is 2. The molecule has 2 N–H and O–H groups in total. The van der Waals surface area contributed by atoms with E-state index in [1.165, 1.54) is 17.3 Å². The molecule has 5 nitrogen and oxygen atoms in total. The second-order valence-electron chi connectivity index (χ2n) is 5.79. The number of esters is 1. The maximum atomic E-state index is 10.8. The van der Waals surface area contributed by atoms with Crippen LogP contribution in [0.25, 0.3) is 0 Å². The molecule has 0 fully saturated rings. The summed E-state index contributed by atoms with van der Waals surface area (Å²) in [7, 11) is 0. The molecule has 0 amide bonds. The van der Waals surface area contributed by atoms with Crippen molar-refractivity contribution in [2.24, 2.45) is 4.99 Å². The number of hydrogen-bond acceptors (Lipinski definition) is 6. The van der Waals surface area contributed by atoms with Gasteiger partial charge in [-0.15, -0.1) is 11.8 Å². The zero-order chi connectivity index (χ0) is 20.8. The second kappa shape index (κ2) is 13.5. The van der Waals surface area contributed by atoms with Crippen molar-refractivity contribution in [2.45, 2.75) is 18.7 Å². The lowest BCUT2D eigenvalue weighted by Crippen LogP contribution is -2.20. The summed E-state index contributed by atoms with van der Waals surface area (Å²) in [5.41, 5.74) is 4.27. The number of para-hydroxylation sites is 1. The zero-order valence-corrected chi connectivity index (χ0v) is 17.2. The van der Waals surface area contributed by atoms with E-state index in [4.69, 9.17) is 10.1 Å². The van der Waals surface area contributed by atoms with Crippen LogP contribution in [-0.4, -0.2) is 37.9 Å². The molecule has 28 heavy (non-hydrogen) atoms. The number of ether oxygens (including phenoxy) is 1. The number of carbonyl (C=O) groups is 1. The van der Waals surface area contributed by atoms with Gasteiger partial charge in [-0.1, -0.05) is 42.5 Å². The standard InChI is InChI=1S/C13H16N2O2S.C9H11N/c1-3-13(16)17-9-8-15-10-18-12-7-5-4-6-11(12)14-2;1-7-3-4-8(2)9(5-7)6-10/h3-7,15H,1-2,8-10H2;3-6,10H,1-2H3. The van der Waals surface area contributed by atoms with E-state index in [1.807, 2.05) is 50.2 Å². The van der Waals surface area contributed by atoms with Crippen LogP contribution >= 0.6 is 11.8 Å². The first-order chi connectivity index (χ1) is 13.5. The van der Waals surface area contributed by atoms with Crippen LogP contribution in [0, 0.1) is 19.3 Å². The molecule has 6 heteroatoms. The molecule has 0 heterocycles. The number of nitrogens with zero attached hydrogens (tertiary/aromatic N) is 1. The van der Waals surface area contributed by atoms with Crippen molar-refractivity contribution >= 4 is 36.4 Å². The van der Waals surface area contributed by atoms with Crippen LogP contribution < -0.4 is 5.32 Å². The molecule has 0 aliphatic carbocycles. The minimum absolute atomic E-state index is 0.340. The van der Waals surface area contributed by atoms with Crippen LogP contribution in [0.3, 0.4) is 0 Å². The van der Waals surface area contributed by atoms with Gasteiger partial charge >= 0.3 is 5.97 Å². The number of nitrogens with one attached hydrogen (secondary N) is 2. The molecule has 0 bridgehead atoms. The molecule has 0 unspecified atom stereocenters. The summed E-state index contributed by atoms with van der Waals surface area (Å²) in [5, 5.41) is 10.2. The number of aliphatic imine (C=N–C) groups is 1. The lowest BCUT2D eigenvalue weighted by molar-refractivity contribution is -0.137. The summed E-state index contributed by atoms with van der Waals surface area (Å²) in [6.07, 6.45) is 2.54. The molecule has 0 spiro atoms. The van der Waals surface area contributed by atoms with Crippen LogP contribution in [0.2, 0.25) is 0 Å². The van der Waals surface area contributed by atoms with Crippen LogP contribution in [-0.2, 0) is 9.53 Å². The van der Waals surface area contributed by atoms with Gasteiger partial charge in [0.2, 0.25) is 0 Å². The highest BCUT2D eigenvalue weighted by Crippen LogP contribution is 2.27. The van der Waals surface area contributed by atoms with Crippen molar-refractivity contribution in [3.05, 3.63) is 71.8 Å². The SMILES string of the molecule is C=CC(=O)OCCNCSc1ccccc1N=C.Cc1ccc(C)c(C=N)c1. The summed E-state index contributed by atoms with van der Waals surface area (Å²) in [6.45, 7) is 11.8. The summed E-state index contributed by atoms with van der Waals surface area (Å²) >= 11 is 1.63. The molecular weight excluding hydrogens is 370 g/mol. The third-order valence-electron chi connectivity index (χ3n) is 3.65. The molecule has 0 radical (unpaired) electrons. The van der Waals surface area contributed by atoms with Crippen molar-refractivity contribution in [1.82, 2.24) is 5.32 Å². The highest BCUT2D eigenvalue weighted by molar-refractivity contribution is 7.99. The van der Waals surface area contributed by atoms with E-state index < -0.39 is 5.97 Å². The maximum Gasteiger partial charge on any atom is 0.330 e. The molecule has 2 aromatic carbocycles. The fraction of sp³-hybridized carbons (Fsp3) is 0.227. The third kappa shape index (κ3) is 8.79. The van der Waals surface area contributed by atoms with E-state index in [2.05, 4.69) is 29.7 Å². The van der Waals surface area contributed by atoms with Crippen molar-refractivity contribution < 1.29 is 9.53 Å². The molecule has 0 saturated carbocycles. The molecule has 2 rings (SSSR count). The van der Waals surface area contributed by atoms with Gasteiger partial charge in [-0.05, 0) is 43.8 Å².